The smallest absolute Gasteiger partial charge is 0.305 e. The Morgan fingerprint density at radius 2 is 2.10 bits per heavy atom. The molecule has 0 radical (unpaired) electrons. The van der Waals surface area contributed by atoms with Crippen molar-refractivity contribution in [3.05, 3.63) is 35.9 Å². The van der Waals surface area contributed by atoms with Crippen molar-refractivity contribution >= 4 is 28.7 Å². The molecule has 5 nitrogen and oxygen atoms in total. The van der Waals surface area contributed by atoms with E-state index in [9.17, 15) is 9.59 Å². The molecule has 1 atom stereocenters. The van der Waals surface area contributed by atoms with Crippen LogP contribution in [0.4, 0.5) is 0 Å². The standard InChI is InChI=1S/C15H18N2O3S/c1-2-17(9-8-13(18)19)15(20)12-10-21-14(16-12)11-6-4-3-5-7-11/h3-7,12H,2,8-10H2,1H3,(H,18,19). The summed E-state index contributed by atoms with van der Waals surface area (Å²) in [6, 6.07) is 9.37. The molecular formula is C15H18N2O3S. The van der Waals surface area contributed by atoms with Gasteiger partial charge in [-0.2, -0.15) is 0 Å². The number of nitrogens with zero attached hydrogens (tertiary/aromatic N) is 2. The molecule has 0 bridgehead atoms. The number of carboxylic acid groups (broad SMARTS) is 1. The molecule has 0 saturated heterocycles. The van der Waals surface area contributed by atoms with Gasteiger partial charge in [0.05, 0.1) is 11.5 Å². The average molecular weight is 306 g/mol. The Hall–Kier alpha value is -1.82. The highest BCUT2D eigenvalue weighted by atomic mass is 32.2. The largest absolute Gasteiger partial charge is 0.481 e. The van der Waals surface area contributed by atoms with Crippen molar-refractivity contribution in [3.8, 4) is 0 Å². The van der Waals surface area contributed by atoms with E-state index in [0.717, 1.165) is 10.6 Å². The van der Waals surface area contributed by atoms with E-state index in [0.29, 0.717) is 12.3 Å². The van der Waals surface area contributed by atoms with Crippen LogP contribution in [0.25, 0.3) is 0 Å². The van der Waals surface area contributed by atoms with Gasteiger partial charge in [0.25, 0.3) is 0 Å². The van der Waals surface area contributed by atoms with Gasteiger partial charge in [0.15, 0.2) is 0 Å². The molecule has 112 valence electrons. The highest BCUT2D eigenvalue weighted by Gasteiger charge is 2.29. The highest BCUT2D eigenvalue weighted by Crippen LogP contribution is 2.24. The van der Waals surface area contributed by atoms with Crippen LogP contribution in [0.15, 0.2) is 35.3 Å². The first-order valence-corrected chi connectivity index (χ1v) is 7.87. The maximum absolute atomic E-state index is 12.4. The van der Waals surface area contributed by atoms with E-state index in [1.165, 1.54) is 0 Å². The van der Waals surface area contributed by atoms with E-state index >= 15 is 0 Å². The quantitative estimate of drug-likeness (QED) is 0.871. The van der Waals surface area contributed by atoms with E-state index in [2.05, 4.69) is 4.99 Å². The molecule has 6 heteroatoms. The zero-order chi connectivity index (χ0) is 15.2. The van der Waals surface area contributed by atoms with Crippen LogP contribution in [0.2, 0.25) is 0 Å². The van der Waals surface area contributed by atoms with Crippen LogP contribution in [-0.4, -0.2) is 51.8 Å². The SMILES string of the molecule is CCN(CCC(=O)O)C(=O)C1CSC(c2ccccc2)=N1. The lowest BCUT2D eigenvalue weighted by Crippen LogP contribution is -2.39. The predicted octanol–water partition coefficient (Wildman–Crippen LogP) is 1.87. The number of carbonyl (C=O) groups is 2. The van der Waals surface area contributed by atoms with Crippen molar-refractivity contribution in [2.75, 3.05) is 18.8 Å². The number of rotatable bonds is 6. The van der Waals surface area contributed by atoms with E-state index in [4.69, 9.17) is 5.11 Å². The van der Waals surface area contributed by atoms with Gasteiger partial charge in [-0.1, -0.05) is 30.3 Å². The van der Waals surface area contributed by atoms with Crippen molar-refractivity contribution in [1.29, 1.82) is 0 Å². The van der Waals surface area contributed by atoms with Crippen LogP contribution in [0.1, 0.15) is 18.9 Å². The second-order valence-corrected chi connectivity index (χ2v) is 5.70. The van der Waals surface area contributed by atoms with Crippen molar-refractivity contribution < 1.29 is 14.7 Å². The molecule has 1 N–H and O–H groups in total. The summed E-state index contributed by atoms with van der Waals surface area (Å²) >= 11 is 1.57. The number of carboxylic acids is 1. The highest BCUT2D eigenvalue weighted by molar-refractivity contribution is 8.14. The fourth-order valence-corrected chi connectivity index (χ4v) is 3.14. The van der Waals surface area contributed by atoms with Crippen molar-refractivity contribution in [2.45, 2.75) is 19.4 Å². The average Bonchev–Trinajstić information content (AvgIpc) is 2.98. The summed E-state index contributed by atoms with van der Waals surface area (Å²) in [6.07, 6.45) is -0.0330. The first-order valence-electron chi connectivity index (χ1n) is 6.88. The zero-order valence-corrected chi connectivity index (χ0v) is 12.7. The molecule has 1 unspecified atom stereocenters. The lowest BCUT2D eigenvalue weighted by atomic mass is 10.2. The van der Waals surface area contributed by atoms with Gasteiger partial charge in [0, 0.05) is 24.4 Å². The summed E-state index contributed by atoms with van der Waals surface area (Å²) in [7, 11) is 0. The first-order chi connectivity index (χ1) is 10.1. The van der Waals surface area contributed by atoms with Gasteiger partial charge in [0.1, 0.15) is 6.04 Å². The van der Waals surface area contributed by atoms with E-state index in [-0.39, 0.29) is 18.9 Å². The molecule has 0 aromatic heterocycles. The molecule has 2 rings (SSSR count). The number of aliphatic imine (C=N–C) groups is 1. The van der Waals surface area contributed by atoms with Gasteiger partial charge in [0.2, 0.25) is 5.91 Å². The predicted molar refractivity (Wildman–Crippen MR) is 83.7 cm³/mol. The fourth-order valence-electron chi connectivity index (χ4n) is 2.10. The minimum atomic E-state index is -0.893. The lowest BCUT2D eigenvalue weighted by molar-refractivity contribution is -0.138. The number of carbonyl (C=O) groups excluding carboxylic acids is 1. The van der Waals surface area contributed by atoms with Crippen molar-refractivity contribution in [1.82, 2.24) is 4.90 Å². The Labute approximate surface area is 128 Å². The first kappa shape index (κ1) is 15.6. The second kappa shape index (κ2) is 7.26. The number of likely N-dealkylation sites (N-methyl/N-ethyl adjacent to an activating group) is 1. The van der Waals surface area contributed by atoms with E-state index in [1.807, 2.05) is 37.3 Å². The third kappa shape index (κ3) is 4.07. The van der Waals surface area contributed by atoms with Crippen LogP contribution in [0.5, 0.6) is 0 Å². The summed E-state index contributed by atoms with van der Waals surface area (Å²) < 4.78 is 0. The molecule has 1 aliphatic heterocycles. The maximum Gasteiger partial charge on any atom is 0.305 e. The molecule has 0 saturated carbocycles. The number of amides is 1. The summed E-state index contributed by atoms with van der Waals surface area (Å²) in [4.78, 5) is 29.1. The summed E-state index contributed by atoms with van der Waals surface area (Å²) in [5, 5.41) is 9.60. The van der Waals surface area contributed by atoms with Crippen LogP contribution in [-0.2, 0) is 9.59 Å². The van der Waals surface area contributed by atoms with Crippen molar-refractivity contribution in [2.24, 2.45) is 4.99 Å². The van der Waals surface area contributed by atoms with Crippen LogP contribution < -0.4 is 0 Å². The molecule has 21 heavy (non-hydrogen) atoms. The van der Waals surface area contributed by atoms with E-state index in [1.54, 1.807) is 16.7 Å². The number of hydrogen-bond acceptors (Lipinski definition) is 4. The lowest BCUT2D eigenvalue weighted by Gasteiger charge is -2.21. The third-order valence-electron chi connectivity index (χ3n) is 3.25. The number of benzene rings is 1. The Morgan fingerprint density at radius 3 is 2.71 bits per heavy atom. The van der Waals surface area contributed by atoms with Gasteiger partial charge < -0.3 is 10.0 Å². The normalized spacial score (nSPS) is 17.4. The molecule has 0 fully saturated rings. The Morgan fingerprint density at radius 1 is 1.38 bits per heavy atom. The summed E-state index contributed by atoms with van der Waals surface area (Å²) in [5.41, 5.74) is 1.02. The molecule has 1 aromatic rings. The molecule has 0 spiro atoms. The van der Waals surface area contributed by atoms with E-state index < -0.39 is 12.0 Å². The summed E-state index contributed by atoms with van der Waals surface area (Å²) in [5.74, 6) is -0.361. The van der Waals surface area contributed by atoms with Gasteiger partial charge in [-0.15, -0.1) is 11.8 Å². The Kier molecular flexibility index (Phi) is 5.38. The number of aliphatic carboxylic acids is 1. The molecule has 0 aliphatic carbocycles. The molecule has 1 aromatic carbocycles. The van der Waals surface area contributed by atoms with Gasteiger partial charge >= 0.3 is 5.97 Å². The van der Waals surface area contributed by atoms with Crippen LogP contribution in [0, 0.1) is 0 Å². The third-order valence-corrected chi connectivity index (χ3v) is 4.34. The fraction of sp³-hybridized carbons (Fsp3) is 0.400. The number of thioether (sulfide) groups is 1. The molecule has 1 heterocycles. The van der Waals surface area contributed by atoms with Gasteiger partial charge in [-0.05, 0) is 6.92 Å². The Bertz CT molecular complexity index is 545. The van der Waals surface area contributed by atoms with Crippen LogP contribution in [0.3, 0.4) is 0 Å². The van der Waals surface area contributed by atoms with Gasteiger partial charge in [-0.3, -0.25) is 14.6 Å². The Balaban J connectivity index is 2.03. The minimum absolute atomic E-state index is 0.0330. The zero-order valence-electron chi connectivity index (χ0n) is 11.9. The van der Waals surface area contributed by atoms with Gasteiger partial charge in [-0.25, -0.2) is 0 Å². The van der Waals surface area contributed by atoms with Crippen LogP contribution >= 0.6 is 11.8 Å². The summed E-state index contributed by atoms with van der Waals surface area (Å²) in [6.45, 7) is 2.59. The number of hydrogen-bond donors (Lipinski definition) is 1. The minimum Gasteiger partial charge on any atom is -0.481 e. The monoisotopic (exact) mass is 306 g/mol. The maximum atomic E-state index is 12.4. The second-order valence-electron chi connectivity index (χ2n) is 4.69. The topological polar surface area (TPSA) is 70.0 Å². The molecular weight excluding hydrogens is 288 g/mol. The molecule has 1 amide bonds. The van der Waals surface area contributed by atoms with Crippen molar-refractivity contribution in [3.63, 3.8) is 0 Å². The molecule has 1 aliphatic rings.